The van der Waals surface area contributed by atoms with E-state index in [1.807, 2.05) is 128 Å². The number of benzene rings is 5. The van der Waals surface area contributed by atoms with Crippen molar-refractivity contribution in [3.8, 4) is 56.3 Å². The summed E-state index contributed by atoms with van der Waals surface area (Å²) >= 11 is 20.1. The molecule has 25 nitrogen and oxygen atoms in total. The van der Waals surface area contributed by atoms with Crippen LogP contribution in [0.1, 0.15) is 27.8 Å². The number of rotatable bonds is 20. The van der Waals surface area contributed by atoms with Gasteiger partial charge in [-0.05, 0) is 170 Å². The van der Waals surface area contributed by atoms with Crippen molar-refractivity contribution in [2.24, 2.45) is 0 Å². The molecule has 0 bridgehead atoms. The maximum atomic E-state index is 14.2. The van der Waals surface area contributed by atoms with E-state index >= 15 is 0 Å². The van der Waals surface area contributed by atoms with E-state index in [0.29, 0.717) is 94.3 Å². The lowest BCUT2D eigenvalue weighted by molar-refractivity contribution is 0.630. The average molecular weight is 1910 g/mol. The largest absolute Gasteiger partial charge is 0.366 e. The number of pyridine rings is 5. The van der Waals surface area contributed by atoms with Crippen LogP contribution in [0.25, 0.3) is 84.5 Å². The van der Waals surface area contributed by atoms with Crippen LogP contribution in [0, 0.1) is 17.5 Å². The summed E-state index contributed by atoms with van der Waals surface area (Å²) in [5.41, 5.74) is 15.5. The Balaban J connectivity index is 0.000000114. The van der Waals surface area contributed by atoms with Crippen molar-refractivity contribution in [1.82, 2.24) is 97.9 Å². The molecule has 0 aliphatic carbocycles. The van der Waals surface area contributed by atoms with Gasteiger partial charge in [-0.1, -0.05) is 127 Å². The van der Waals surface area contributed by atoms with Gasteiger partial charge in [-0.25, -0.2) is 38.1 Å². The van der Waals surface area contributed by atoms with Gasteiger partial charge in [0.2, 0.25) is 0 Å². The quantitative estimate of drug-likeness (QED) is 0.0474. The lowest BCUT2D eigenvalue weighted by Crippen LogP contribution is -2.07. The number of fused-ring (bicyclic) bond motifs is 5. The highest BCUT2D eigenvalue weighted by molar-refractivity contribution is 9.11. The van der Waals surface area contributed by atoms with Gasteiger partial charge in [-0.3, -0.25) is 24.9 Å². The zero-order chi connectivity index (χ0) is 84.4. The lowest BCUT2D eigenvalue weighted by Gasteiger charge is -2.11. The van der Waals surface area contributed by atoms with E-state index in [2.05, 4.69) is 168 Å². The van der Waals surface area contributed by atoms with Crippen LogP contribution in [0.2, 0.25) is 5.02 Å². The van der Waals surface area contributed by atoms with Crippen LogP contribution < -0.4 is 26.6 Å². The Morgan fingerprint density at radius 3 is 0.837 bits per heavy atom. The van der Waals surface area contributed by atoms with E-state index in [4.69, 9.17) is 21.6 Å². The zero-order valence-electron chi connectivity index (χ0n) is 64.5. The van der Waals surface area contributed by atoms with Gasteiger partial charge < -0.3 is 26.6 Å². The molecule has 0 spiro atoms. The van der Waals surface area contributed by atoms with Crippen molar-refractivity contribution in [2.75, 3.05) is 26.6 Å². The van der Waals surface area contributed by atoms with E-state index in [-0.39, 0.29) is 17.5 Å². The molecule has 0 fully saturated rings. The Labute approximate surface area is 739 Å². The molecule has 20 rings (SSSR count). The maximum Gasteiger partial charge on any atom is 0.176 e. The molecule has 5 N–H and O–H groups in total. The fraction of sp³-hybridized carbons (Fsp3) is 0.0556. The van der Waals surface area contributed by atoms with Gasteiger partial charge in [0.25, 0.3) is 0 Å². The fourth-order valence-electron chi connectivity index (χ4n) is 12.7. The Kier molecular flexibility index (Phi) is 26.5. The number of halogens is 8. The molecular formula is C90H67Br4ClF3N25. The number of nitrogens with zero attached hydrogens (tertiary/aromatic N) is 20. The summed E-state index contributed by atoms with van der Waals surface area (Å²) in [7, 11) is 0. The molecule has 0 aliphatic heterocycles. The Hall–Kier alpha value is -14.1. The highest BCUT2D eigenvalue weighted by Gasteiger charge is 2.20. The van der Waals surface area contributed by atoms with E-state index in [1.165, 1.54) is 24.4 Å². The molecule has 0 atom stereocenters. The minimum Gasteiger partial charge on any atom is -0.366 e. The van der Waals surface area contributed by atoms with Gasteiger partial charge in [-0.15, -0.1) is 0 Å². The zero-order valence-corrected chi connectivity index (χ0v) is 71.6. The third-order valence-corrected chi connectivity index (χ3v) is 21.3. The molecule has 0 unspecified atom stereocenters. The molecule has 33 heteroatoms. The standard InChI is InChI=1S/2C18H13BrFN5.2C18H14BrN5.C18H13ClFN5/c19-14-11-23-25-17(22-10-12-4-3-7-21-9-12)8-16(24-18(14)25)13-5-1-2-6-15(13)20;19-14-11-23-25-17(22-10-12-5-7-21-8-6-12)9-16(24-18(14)25)13-3-1-2-4-15(13)20;19-15-12-22-24-17(21-11-13-5-4-8-20-10-13)9-16(23-18(15)24)14-6-2-1-3-7-14;19-15-12-22-24-17(21-11-13-6-8-20-9-7-13)10-16(23-18(15)24)14-4-2-1-3-5-14;19-14-11-23-25-17(22-10-12-4-3-7-21-9-12)8-16(24-18(14)25)13-5-1-2-6-15(13)20/h2*1-9,11,22H,10H2;2*1-10,12,21H,11H2;1-9,11,22H,10H2. The van der Waals surface area contributed by atoms with Gasteiger partial charge in [0.1, 0.15) is 51.6 Å². The molecule has 15 aromatic heterocycles. The highest BCUT2D eigenvalue weighted by Crippen LogP contribution is 2.34. The van der Waals surface area contributed by atoms with E-state index < -0.39 is 0 Å². The van der Waals surface area contributed by atoms with Crippen molar-refractivity contribution in [3.05, 3.63) is 386 Å². The maximum absolute atomic E-state index is 14.2. The number of hydrogen-bond donors (Lipinski definition) is 5. The molecule has 15 heterocycles. The van der Waals surface area contributed by atoms with Crippen LogP contribution in [0.4, 0.5) is 42.3 Å². The number of anilines is 5. The highest BCUT2D eigenvalue weighted by atomic mass is 79.9. The minimum absolute atomic E-state index is 0.310. The predicted molar refractivity (Wildman–Crippen MR) is 486 cm³/mol. The average Bonchev–Trinajstić information content (AvgIpc) is 1.71. The smallest absolute Gasteiger partial charge is 0.176 e. The summed E-state index contributed by atoms with van der Waals surface area (Å²) in [5.74, 6) is 2.92. The topological polar surface area (TPSA) is 276 Å². The van der Waals surface area contributed by atoms with Crippen LogP contribution in [0.15, 0.2) is 335 Å². The van der Waals surface area contributed by atoms with Gasteiger partial charge in [0.05, 0.1) is 77.3 Å². The SMILES string of the molecule is Brc1cnn2c(NCc3cccnc3)cc(-c3ccccc3)nc12.Brc1cnn2c(NCc3ccncc3)cc(-c3ccccc3)nc12.Fc1ccccc1-c1cc(NCc2cccnc2)n2ncc(Br)c2n1.Fc1ccccc1-c1cc(NCc2cccnc2)n2ncc(Cl)c2n1.Fc1ccccc1-c1cc(NCc2ccncc2)n2ncc(Br)c2n1. The second-order valence-corrected chi connectivity index (χ2v) is 30.8. The third kappa shape index (κ3) is 20.2. The van der Waals surface area contributed by atoms with Crippen LogP contribution >= 0.6 is 75.3 Å². The molecule has 123 heavy (non-hydrogen) atoms. The van der Waals surface area contributed by atoms with Crippen molar-refractivity contribution in [3.63, 3.8) is 0 Å². The van der Waals surface area contributed by atoms with E-state index in [0.717, 1.165) is 103 Å². The Morgan fingerprint density at radius 2 is 0.528 bits per heavy atom. The first-order valence-corrected chi connectivity index (χ1v) is 41.5. The number of nitrogens with one attached hydrogen (secondary N) is 5. The predicted octanol–water partition coefficient (Wildman–Crippen LogP) is 21.1. The first kappa shape index (κ1) is 82.6. The summed E-state index contributed by atoms with van der Waals surface area (Å²) in [4.78, 5) is 43.4. The van der Waals surface area contributed by atoms with Gasteiger partial charge >= 0.3 is 0 Å². The molecule has 5 aromatic carbocycles. The molecular weight excluding hydrogens is 1840 g/mol. The molecule has 20 aromatic rings. The first-order valence-electron chi connectivity index (χ1n) is 38.0. The van der Waals surface area contributed by atoms with Crippen LogP contribution in [-0.4, -0.2) is 97.9 Å². The third-order valence-electron chi connectivity index (χ3n) is 18.8. The normalized spacial score (nSPS) is 10.9. The molecule has 0 saturated carbocycles. The van der Waals surface area contributed by atoms with Crippen molar-refractivity contribution in [2.45, 2.75) is 32.7 Å². The molecule has 0 aliphatic rings. The minimum atomic E-state index is -0.340. The Bertz CT molecular complexity index is 6410. The molecule has 0 saturated heterocycles. The van der Waals surface area contributed by atoms with Gasteiger partial charge in [-0.2, -0.15) is 48.1 Å². The summed E-state index contributed by atoms with van der Waals surface area (Å²) in [6, 6.07) is 68.8. The van der Waals surface area contributed by atoms with Crippen molar-refractivity contribution < 1.29 is 13.2 Å². The fourth-order valence-corrected chi connectivity index (χ4v) is 14.3. The molecule has 0 amide bonds. The monoisotopic (exact) mass is 1910 g/mol. The van der Waals surface area contributed by atoms with E-state index in [1.54, 1.807) is 176 Å². The van der Waals surface area contributed by atoms with Crippen LogP contribution in [-0.2, 0) is 32.7 Å². The summed E-state index contributed by atoms with van der Waals surface area (Å²) in [6.45, 7) is 3.06. The first-order chi connectivity index (χ1) is 60.3. The summed E-state index contributed by atoms with van der Waals surface area (Å²) in [5, 5.41) is 38.9. The van der Waals surface area contributed by atoms with Crippen molar-refractivity contribution in [1.29, 1.82) is 0 Å². The molecule has 0 radical (unpaired) electrons. The summed E-state index contributed by atoms with van der Waals surface area (Å²) in [6.07, 6.45) is 26.1. The van der Waals surface area contributed by atoms with Crippen LogP contribution in [0.5, 0.6) is 0 Å². The number of aromatic nitrogens is 20. The van der Waals surface area contributed by atoms with Gasteiger partial charge in [0.15, 0.2) is 28.2 Å². The lowest BCUT2D eigenvalue weighted by atomic mass is 10.1. The molecule has 608 valence electrons. The second-order valence-electron chi connectivity index (χ2n) is 27.0. The van der Waals surface area contributed by atoms with E-state index in [9.17, 15) is 13.2 Å². The van der Waals surface area contributed by atoms with Crippen LogP contribution in [0.3, 0.4) is 0 Å². The Morgan fingerprint density at radius 1 is 0.260 bits per heavy atom. The second kappa shape index (κ2) is 39.4. The van der Waals surface area contributed by atoms with Gasteiger partial charge in [0, 0.05) is 153 Å². The van der Waals surface area contributed by atoms with Crippen molar-refractivity contribution >= 4 is 133 Å². The number of hydrogen-bond acceptors (Lipinski definition) is 20. The summed E-state index contributed by atoms with van der Waals surface area (Å²) < 4.78 is 54.3.